The monoisotopic (exact) mass is 400 g/mol. The fraction of sp³-hybridized carbons (Fsp3) is 0.357. The Bertz CT molecular complexity index is 828. The van der Waals surface area contributed by atoms with Gasteiger partial charge in [0, 0.05) is 19.1 Å². The zero-order valence-corrected chi connectivity index (χ0v) is 18.6. The zero-order valence-electron chi connectivity index (χ0n) is 18.6. The predicted molar refractivity (Wildman–Crippen MR) is 129 cm³/mol. The standard InChI is InChI=1S/C26H30N2.C2H6/c1-3-8-23(9-4-1)21-28-18-7-12-26(17-19-28)27-20-22-13-15-25(16-14-22)24-10-5-2-6-11-24;1-2/h1-6,8-11,13-16,26-27H,7,12,17-21H2;1-2H3. The number of nitrogens with one attached hydrogen (secondary N) is 1. The Balaban J connectivity index is 0.00000124. The molecule has 0 aromatic heterocycles. The van der Waals surface area contributed by atoms with Crippen molar-refractivity contribution in [3.63, 3.8) is 0 Å². The molecule has 1 unspecified atom stereocenters. The molecule has 30 heavy (non-hydrogen) atoms. The molecule has 2 heteroatoms. The number of benzene rings is 3. The van der Waals surface area contributed by atoms with Crippen molar-refractivity contribution in [2.24, 2.45) is 0 Å². The van der Waals surface area contributed by atoms with Gasteiger partial charge in [0.05, 0.1) is 0 Å². The highest BCUT2D eigenvalue weighted by molar-refractivity contribution is 5.63. The van der Waals surface area contributed by atoms with Crippen LogP contribution in [0.25, 0.3) is 11.1 Å². The minimum absolute atomic E-state index is 0.620. The van der Waals surface area contributed by atoms with Crippen molar-refractivity contribution in [1.29, 1.82) is 0 Å². The lowest BCUT2D eigenvalue weighted by atomic mass is 10.0. The summed E-state index contributed by atoms with van der Waals surface area (Å²) in [7, 11) is 0. The first-order chi connectivity index (χ1) is 14.9. The van der Waals surface area contributed by atoms with E-state index in [1.54, 1.807) is 0 Å². The molecule has 1 heterocycles. The van der Waals surface area contributed by atoms with Gasteiger partial charge in [-0.15, -0.1) is 0 Å². The normalized spacial score (nSPS) is 16.9. The zero-order chi connectivity index (χ0) is 21.0. The fourth-order valence-corrected chi connectivity index (χ4v) is 4.07. The molecular formula is C28H36N2. The molecule has 2 nitrogen and oxygen atoms in total. The van der Waals surface area contributed by atoms with Crippen LogP contribution in [-0.4, -0.2) is 24.0 Å². The van der Waals surface area contributed by atoms with Crippen LogP contribution in [0.4, 0.5) is 0 Å². The lowest BCUT2D eigenvalue weighted by molar-refractivity contribution is 0.274. The molecule has 0 amide bonds. The van der Waals surface area contributed by atoms with Crippen molar-refractivity contribution in [3.8, 4) is 11.1 Å². The van der Waals surface area contributed by atoms with Crippen molar-refractivity contribution in [2.45, 2.75) is 52.2 Å². The Morgan fingerprint density at radius 3 is 2.03 bits per heavy atom. The first-order valence-corrected chi connectivity index (χ1v) is 11.5. The smallest absolute Gasteiger partial charge is 0.0233 e. The molecule has 0 radical (unpaired) electrons. The maximum absolute atomic E-state index is 3.79. The van der Waals surface area contributed by atoms with Crippen molar-refractivity contribution in [2.75, 3.05) is 13.1 Å². The van der Waals surface area contributed by atoms with Crippen LogP contribution in [0.15, 0.2) is 84.9 Å². The molecule has 0 spiro atoms. The van der Waals surface area contributed by atoms with Crippen LogP contribution in [0.2, 0.25) is 0 Å². The number of hydrogen-bond acceptors (Lipinski definition) is 2. The van der Waals surface area contributed by atoms with Gasteiger partial charge in [-0.05, 0) is 54.6 Å². The second-order valence-corrected chi connectivity index (χ2v) is 7.83. The Morgan fingerprint density at radius 1 is 0.700 bits per heavy atom. The van der Waals surface area contributed by atoms with Gasteiger partial charge >= 0.3 is 0 Å². The van der Waals surface area contributed by atoms with Gasteiger partial charge in [-0.25, -0.2) is 0 Å². The van der Waals surface area contributed by atoms with E-state index in [0.29, 0.717) is 6.04 Å². The van der Waals surface area contributed by atoms with Gasteiger partial charge in [0.25, 0.3) is 0 Å². The van der Waals surface area contributed by atoms with E-state index in [1.165, 1.54) is 54.6 Å². The van der Waals surface area contributed by atoms with E-state index in [1.807, 2.05) is 13.8 Å². The average Bonchev–Trinajstić information content (AvgIpc) is 3.06. The van der Waals surface area contributed by atoms with Gasteiger partial charge < -0.3 is 5.32 Å². The molecule has 1 saturated heterocycles. The number of nitrogens with zero attached hydrogens (tertiary/aromatic N) is 1. The third-order valence-corrected chi connectivity index (χ3v) is 5.73. The third-order valence-electron chi connectivity index (χ3n) is 5.73. The SMILES string of the molecule is CC.c1ccc(CN2CCCC(NCc3ccc(-c4ccccc4)cc3)CC2)cc1. The Kier molecular flexibility index (Phi) is 9.14. The number of rotatable bonds is 6. The Hall–Kier alpha value is -2.42. The van der Waals surface area contributed by atoms with Gasteiger partial charge in [-0.1, -0.05) is 98.8 Å². The number of likely N-dealkylation sites (tertiary alicyclic amines) is 1. The highest BCUT2D eigenvalue weighted by Crippen LogP contribution is 2.20. The molecule has 1 fully saturated rings. The first-order valence-electron chi connectivity index (χ1n) is 11.5. The molecule has 158 valence electrons. The molecule has 0 bridgehead atoms. The first kappa shape index (κ1) is 22.3. The van der Waals surface area contributed by atoms with Crippen LogP contribution in [0.5, 0.6) is 0 Å². The molecule has 4 rings (SSSR count). The van der Waals surface area contributed by atoms with E-state index in [0.717, 1.165) is 13.1 Å². The second kappa shape index (κ2) is 12.3. The van der Waals surface area contributed by atoms with E-state index in [9.17, 15) is 0 Å². The van der Waals surface area contributed by atoms with Crippen LogP contribution in [0.3, 0.4) is 0 Å². The van der Waals surface area contributed by atoms with Crippen LogP contribution >= 0.6 is 0 Å². The minimum atomic E-state index is 0.620. The molecule has 3 aromatic carbocycles. The van der Waals surface area contributed by atoms with Crippen LogP contribution in [-0.2, 0) is 13.1 Å². The van der Waals surface area contributed by atoms with Gasteiger partial charge in [-0.2, -0.15) is 0 Å². The van der Waals surface area contributed by atoms with E-state index < -0.39 is 0 Å². The van der Waals surface area contributed by atoms with Crippen molar-refractivity contribution < 1.29 is 0 Å². The van der Waals surface area contributed by atoms with Gasteiger partial charge in [0.2, 0.25) is 0 Å². The lowest BCUT2D eigenvalue weighted by Gasteiger charge is -2.20. The second-order valence-electron chi connectivity index (χ2n) is 7.83. The van der Waals surface area contributed by atoms with Gasteiger partial charge in [0.1, 0.15) is 0 Å². The van der Waals surface area contributed by atoms with Crippen molar-refractivity contribution >= 4 is 0 Å². The van der Waals surface area contributed by atoms with E-state index in [2.05, 4.69) is 95.1 Å². The average molecular weight is 401 g/mol. The molecule has 1 aliphatic heterocycles. The summed E-state index contributed by atoms with van der Waals surface area (Å²) in [4.78, 5) is 2.60. The Labute approximate surface area is 183 Å². The van der Waals surface area contributed by atoms with Gasteiger partial charge in [0.15, 0.2) is 0 Å². The van der Waals surface area contributed by atoms with Crippen molar-refractivity contribution in [3.05, 3.63) is 96.1 Å². The maximum atomic E-state index is 3.79. The van der Waals surface area contributed by atoms with Gasteiger partial charge in [-0.3, -0.25) is 4.90 Å². The van der Waals surface area contributed by atoms with Crippen molar-refractivity contribution in [1.82, 2.24) is 10.2 Å². The summed E-state index contributed by atoms with van der Waals surface area (Å²) in [5.74, 6) is 0. The Morgan fingerprint density at radius 2 is 1.33 bits per heavy atom. The highest BCUT2D eigenvalue weighted by atomic mass is 15.1. The van der Waals surface area contributed by atoms with E-state index in [4.69, 9.17) is 0 Å². The molecule has 1 aliphatic rings. The topological polar surface area (TPSA) is 15.3 Å². The summed E-state index contributed by atoms with van der Waals surface area (Å²) in [5, 5.41) is 3.79. The van der Waals surface area contributed by atoms with Crippen LogP contribution < -0.4 is 5.32 Å². The predicted octanol–water partition coefficient (Wildman–Crippen LogP) is 6.52. The van der Waals surface area contributed by atoms with Crippen LogP contribution in [0.1, 0.15) is 44.2 Å². The molecule has 1 N–H and O–H groups in total. The van der Waals surface area contributed by atoms with Crippen LogP contribution in [0, 0.1) is 0 Å². The summed E-state index contributed by atoms with van der Waals surface area (Å²) in [6, 6.07) is 31.0. The van der Waals surface area contributed by atoms with E-state index in [-0.39, 0.29) is 0 Å². The largest absolute Gasteiger partial charge is 0.310 e. The molecule has 3 aromatic rings. The molecule has 0 aliphatic carbocycles. The summed E-state index contributed by atoms with van der Waals surface area (Å²) >= 11 is 0. The fourth-order valence-electron chi connectivity index (χ4n) is 4.07. The minimum Gasteiger partial charge on any atom is -0.310 e. The highest BCUT2D eigenvalue weighted by Gasteiger charge is 2.16. The summed E-state index contributed by atoms with van der Waals surface area (Å²) in [5.41, 5.74) is 5.36. The summed E-state index contributed by atoms with van der Waals surface area (Å²) in [6.45, 7) is 8.42. The molecule has 1 atom stereocenters. The number of hydrogen-bond donors (Lipinski definition) is 1. The lowest BCUT2D eigenvalue weighted by Crippen LogP contribution is -2.30. The summed E-state index contributed by atoms with van der Waals surface area (Å²) < 4.78 is 0. The summed E-state index contributed by atoms with van der Waals surface area (Å²) in [6.07, 6.45) is 3.78. The third kappa shape index (κ3) is 6.83. The van der Waals surface area contributed by atoms with E-state index >= 15 is 0 Å². The molecular weight excluding hydrogens is 364 g/mol. The molecule has 0 saturated carbocycles. The quantitative estimate of drug-likeness (QED) is 0.506. The maximum Gasteiger partial charge on any atom is 0.0233 e.